The quantitative estimate of drug-likeness (QED) is 0.157. The number of hydrogen-bond donors (Lipinski definition) is 0. The molecule has 0 atom stereocenters. The Morgan fingerprint density at radius 2 is 0.638 bits per heavy atom. The topological polar surface area (TPSA) is 9.86 Å². The van der Waals surface area contributed by atoms with Crippen LogP contribution in [0.5, 0.6) is 0 Å². The molecule has 2 heterocycles. The second kappa shape index (κ2) is 13.0. The first-order chi connectivity index (χ1) is 23.3. The smallest absolute Gasteiger partial charge is 0.000133 e. The number of halogens is 2. The van der Waals surface area contributed by atoms with E-state index < -0.39 is 20.8 Å². The Balaban J connectivity index is 0.000000128. The maximum Gasteiger partial charge on any atom is -0.000133 e. The number of aromatic nitrogens is 2. The van der Waals surface area contributed by atoms with Gasteiger partial charge in [-0.3, -0.25) is 0 Å². The number of rotatable bonds is 2. The van der Waals surface area contributed by atoms with Crippen LogP contribution in [0.2, 0.25) is 0 Å². The van der Waals surface area contributed by atoms with E-state index in [1.807, 2.05) is 0 Å². The van der Waals surface area contributed by atoms with Crippen LogP contribution in [0.3, 0.4) is 0 Å². The maximum absolute atomic E-state index is 4.93. The molecule has 0 amide bonds. The Bertz CT molecular complexity index is 2360. The van der Waals surface area contributed by atoms with Crippen molar-refractivity contribution in [3.8, 4) is 11.4 Å². The van der Waals surface area contributed by atoms with Crippen LogP contribution >= 0.6 is 17.0 Å². The standard InChI is InChI=1S/2C21H14N.2ClH.Zr/c2*1-2-8-16-15(7-1)13-14-21(16)22-19-11-5-3-9-17(19)18-10-4-6-12-20(18)22;;;/h2*1-14H;2*1H;/q2*-1;;;+4/p-2. The van der Waals surface area contributed by atoms with Crippen molar-refractivity contribution in [3.63, 3.8) is 0 Å². The minimum atomic E-state index is -0.826. The summed E-state index contributed by atoms with van der Waals surface area (Å²) in [6.45, 7) is 0. The third-order valence-electron chi connectivity index (χ3n) is 8.96. The molecule has 10 aromatic rings. The molecule has 0 aliphatic carbocycles. The van der Waals surface area contributed by atoms with Crippen molar-refractivity contribution in [1.82, 2.24) is 9.13 Å². The van der Waals surface area contributed by atoms with Gasteiger partial charge in [-0.25, -0.2) is 0 Å². The number of fused-ring (bicyclic) bond motifs is 8. The summed E-state index contributed by atoms with van der Waals surface area (Å²) in [4.78, 5) is 0. The van der Waals surface area contributed by atoms with E-state index in [1.54, 1.807) is 0 Å². The average molecular weight is 723 g/mol. The largest absolute Gasteiger partial charge is 0.390 e. The number of nitrogens with zero attached hydrogens (tertiary/aromatic N) is 2. The van der Waals surface area contributed by atoms with Gasteiger partial charge in [0.2, 0.25) is 0 Å². The Morgan fingerprint density at radius 3 is 0.979 bits per heavy atom. The molecule has 0 N–H and O–H groups in total. The van der Waals surface area contributed by atoms with E-state index in [-0.39, 0.29) is 0 Å². The first-order valence-electron chi connectivity index (χ1n) is 15.5. The zero-order chi connectivity index (χ0) is 31.7. The molecule has 5 heteroatoms. The molecule has 10 rings (SSSR count). The van der Waals surface area contributed by atoms with Gasteiger partial charge in [-0.15, -0.1) is 24.3 Å². The van der Waals surface area contributed by atoms with Crippen molar-refractivity contribution in [2.24, 2.45) is 0 Å². The molecule has 2 aromatic heterocycles. The van der Waals surface area contributed by atoms with Crippen molar-refractivity contribution in [3.05, 3.63) is 170 Å². The van der Waals surface area contributed by atoms with Crippen molar-refractivity contribution >= 4 is 82.2 Å². The molecule has 0 aliphatic rings. The van der Waals surface area contributed by atoms with Gasteiger partial charge in [-0.05, 0) is 55.0 Å². The van der Waals surface area contributed by atoms with E-state index in [0.717, 1.165) is 0 Å². The summed E-state index contributed by atoms with van der Waals surface area (Å²) in [6, 6.07) is 60.6. The van der Waals surface area contributed by atoms with Crippen LogP contribution in [0, 0.1) is 0 Å². The predicted molar refractivity (Wildman–Crippen MR) is 199 cm³/mol. The van der Waals surface area contributed by atoms with Gasteiger partial charge in [0.1, 0.15) is 0 Å². The van der Waals surface area contributed by atoms with E-state index in [0.29, 0.717) is 0 Å². The van der Waals surface area contributed by atoms with Gasteiger partial charge < -0.3 is 9.13 Å². The van der Waals surface area contributed by atoms with E-state index in [2.05, 4.69) is 179 Å². The van der Waals surface area contributed by atoms with Gasteiger partial charge in [-0.2, -0.15) is 0 Å². The van der Waals surface area contributed by atoms with Gasteiger partial charge in [0.25, 0.3) is 0 Å². The molecule has 0 saturated carbocycles. The summed E-state index contributed by atoms with van der Waals surface area (Å²) in [5, 5.41) is 10.4. The second-order valence-electron chi connectivity index (χ2n) is 11.4. The van der Waals surface area contributed by atoms with Crippen LogP contribution in [0.25, 0.3) is 76.5 Å². The third-order valence-corrected chi connectivity index (χ3v) is 8.96. The van der Waals surface area contributed by atoms with E-state index in [9.17, 15) is 0 Å². The fourth-order valence-electron chi connectivity index (χ4n) is 7.02. The first-order valence-corrected chi connectivity index (χ1v) is 21.8. The summed E-state index contributed by atoms with van der Waals surface area (Å²) in [6.07, 6.45) is 0. The number of para-hydroxylation sites is 4. The minimum absolute atomic E-state index is 0.826. The van der Waals surface area contributed by atoms with E-state index in [4.69, 9.17) is 17.0 Å². The molecular formula is C42H28Cl2N2Zr. The molecule has 0 fully saturated rings. The van der Waals surface area contributed by atoms with Crippen LogP contribution in [0.4, 0.5) is 0 Å². The van der Waals surface area contributed by atoms with Gasteiger partial charge in [0, 0.05) is 0 Å². The van der Waals surface area contributed by atoms with Crippen LogP contribution in [-0.4, -0.2) is 9.13 Å². The molecular weight excluding hydrogens is 695 g/mol. The molecule has 47 heavy (non-hydrogen) atoms. The Hall–Kier alpha value is -4.40. The van der Waals surface area contributed by atoms with Gasteiger partial charge in [0.05, 0.1) is 0 Å². The Labute approximate surface area is 291 Å². The van der Waals surface area contributed by atoms with Crippen molar-refractivity contribution in [1.29, 1.82) is 0 Å². The normalized spacial score (nSPS) is 11.1. The van der Waals surface area contributed by atoms with Crippen molar-refractivity contribution < 1.29 is 20.8 Å². The van der Waals surface area contributed by atoms with Gasteiger partial charge in [-0.1, -0.05) is 167 Å². The summed E-state index contributed by atoms with van der Waals surface area (Å²) in [7, 11) is 9.87. The van der Waals surface area contributed by atoms with Gasteiger partial charge in [0.15, 0.2) is 0 Å². The SMILES string of the molecule is [Cl][Zr+2][Cl].c1ccc2c(c1)cc[c-]2-n1c2ccccc2c2ccccc21.c1ccc2c(c1)cc[c-]2-n1c2ccccc2c2ccccc21. The second-order valence-corrected chi connectivity index (χ2v) is 15.2. The van der Waals surface area contributed by atoms with Gasteiger partial charge >= 0.3 is 37.9 Å². The van der Waals surface area contributed by atoms with E-state index >= 15 is 0 Å². The maximum atomic E-state index is 4.93. The third kappa shape index (κ3) is 5.24. The van der Waals surface area contributed by atoms with Crippen LogP contribution in [0.1, 0.15) is 0 Å². The zero-order valence-corrected chi connectivity index (χ0v) is 29.3. The molecule has 0 saturated heterocycles. The summed E-state index contributed by atoms with van der Waals surface area (Å²) in [5.74, 6) is 0. The predicted octanol–water partition coefficient (Wildman–Crippen LogP) is 12.7. The fourth-order valence-corrected chi connectivity index (χ4v) is 7.02. The molecule has 8 aromatic carbocycles. The number of hydrogen-bond acceptors (Lipinski definition) is 0. The Morgan fingerprint density at radius 1 is 0.362 bits per heavy atom. The first kappa shape index (κ1) is 30.0. The van der Waals surface area contributed by atoms with Crippen LogP contribution in [0.15, 0.2) is 170 Å². The zero-order valence-electron chi connectivity index (χ0n) is 25.3. The average Bonchev–Trinajstić information content (AvgIpc) is 3.90. The van der Waals surface area contributed by atoms with Crippen LogP contribution in [-0.2, 0) is 20.8 Å². The molecule has 0 bridgehead atoms. The molecule has 0 radical (unpaired) electrons. The van der Waals surface area contributed by atoms with E-state index in [1.165, 1.54) is 76.5 Å². The molecule has 224 valence electrons. The number of benzene rings is 6. The monoisotopic (exact) mass is 720 g/mol. The van der Waals surface area contributed by atoms with Crippen molar-refractivity contribution in [2.45, 2.75) is 0 Å². The summed E-state index contributed by atoms with van der Waals surface area (Å²) in [5.41, 5.74) is 7.57. The molecule has 0 spiro atoms. The summed E-state index contributed by atoms with van der Waals surface area (Å²) >= 11 is -0.826. The van der Waals surface area contributed by atoms with Crippen molar-refractivity contribution in [2.75, 3.05) is 0 Å². The summed E-state index contributed by atoms with van der Waals surface area (Å²) < 4.78 is 4.76. The minimum Gasteiger partial charge on any atom is -0.390 e. The Kier molecular flexibility index (Phi) is 8.30. The fraction of sp³-hybridized carbons (Fsp3) is 0. The molecule has 2 nitrogen and oxygen atoms in total. The molecule has 0 aliphatic heterocycles. The van der Waals surface area contributed by atoms with Crippen LogP contribution < -0.4 is 0 Å². The molecule has 0 unspecified atom stereocenters.